The third kappa shape index (κ3) is 6.93. The maximum atomic E-state index is 13.9. The Morgan fingerprint density at radius 3 is 2.45 bits per heavy atom. The lowest BCUT2D eigenvalue weighted by Crippen LogP contribution is -2.35. The van der Waals surface area contributed by atoms with Crippen LogP contribution >= 0.6 is 0 Å². The fraction of sp³-hybridized carbons (Fsp3) is 0.429. The number of carboxylic acid groups (broad SMARTS) is 2. The highest BCUT2D eigenvalue weighted by molar-refractivity contribution is 6.37. The number of halogens is 1. The van der Waals surface area contributed by atoms with E-state index in [2.05, 4.69) is 34.4 Å². The van der Waals surface area contributed by atoms with Crippen molar-refractivity contribution in [1.29, 1.82) is 0 Å². The molecule has 2 aliphatic rings. The van der Waals surface area contributed by atoms with E-state index in [0.717, 1.165) is 55.0 Å². The van der Waals surface area contributed by atoms with E-state index in [0.29, 0.717) is 35.4 Å². The molecule has 216 valence electrons. The SMILES string of the molecule is CCN(CC)CCNC(=O)c1c(C)[nH]c2c1CCC/C2=C1/C(=O)Nc2ccc(F)cc21.O=C(O)CC(O)C(=O)O. The van der Waals surface area contributed by atoms with E-state index >= 15 is 0 Å². The third-order valence-corrected chi connectivity index (χ3v) is 6.96. The number of aromatic nitrogens is 1. The molecule has 1 aliphatic heterocycles. The minimum absolute atomic E-state index is 0.0873. The zero-order valence-electron chi connectivity index (χ0n) is 22.8. The van der Waals surface area contributed by atoms with E-state index in [-0.39, 0.29) is 17.6 Å². The van der Waals surface area contributed by atoms with Gasteiger partial charge >= 0.3 is 11.9 Å². The summed E-state index contributed by atoms with van der Waals surface area (Å²) in [6, 6.07) is 4.34. The van der Waals surface area contributed by atoms with Gasteiger partial charge in [0.1, 0.15) is 5.82 Å². The number of aromatic amines is 1. The van der Waals surface area contributed by atoms with Crippen LogP contribution in [0.4, 0.5) is 10.1 Å². The maximum Gasteiger partial charge on any atom is 0.333 e. The highest BCUT2D eigenvalue weighted by Gasteiger charge is 2.33. The molecule has 12 heteroatoms. The number of nitrogens with one attached hydrogen (secondary N) is 3. The van der Waals surface area contributed by atoms with Crippen molar-refractivity contribution in [2.45, 2.75) is 52.6 Å². The van der Waals surface area contributed by atoms with Crippen LogP contribution < -0.4 is 10.6 Å². The van der Waals surface area contributed by atoms with Crippen LogP contribution in [-0.4, -0.2) is 81.2 Å². The molecule has 1 aliphatic carbocycles. The molecule has 0 fully saturated rings. The molecule has 2 amide bonds. The standard InChI is InChI=1S/C24H29FN4O2.C4H6O5/c1-4-29(5-2)12-11-26-23(30)20-14(3)27-22-16(20)7-6-8-17(22)21-18-13-15(25)9-10-19(18)28-24(21)31;5-2(4(8)9)1-3(6)7/h9-10,13,27H,4-8,11-12H2,1-3H3,(H,26,30)(H,28,31);2,5H,1H2,(H,6,7)(H,8,9)/b21-17-;. The van der Waals surface area contributed by atoms with E-state index in [1.165, 1.54) is 12.1 Å². The molecule has 1 aromatic heterocycles. The van der Waals surface area contributed by atoms with Crippen molar-refractivity contribution in [2.75, 3.05) is 31.5 Å². The number of aliphatic carboxylic acids is 2. The summed E-state index contributed by atoms with van der Waals surface area (Å²) < 4.78 is 13.9. The molecule has 2 heterocycles. The Hall–Kier alpha value is -4.03. The molecule has 6 N–H and O–H groups in total. The number of rotatable bonds is 9. The number of aryl methyl sites for hydroxylation is 1. The number of hydrogen-bond donors (Lipinski definition) is 6. The Morgan fingerprint density at radius 1 is 1.15 bits per heavy atom. The highest BCUT2D eigenvalue weighted by Crippen LogP contribution is 2.43. The van der Waals surface area contributed by atoms with Gasteiger partial charge in [-0.25, -0.2) is 9.18 Å². The minimum Gasteiger partial charge on any atom is -0.481 e. The number of H-pyrrole nitrogens is 1. The van der Waals surface area contributed by atoms with Crippen molar-refractivity contribution >= 4 is 40.6 Å². The van der Waals surface area contributed by atoms with Crippen LogP contribution in [-0.2, 0) is 20.8 Å². The van der Waals surface area contributed by atoms with Gasteiger partial charge in [0.05, 0.1) is 17.6 Å². The van der Waals surface area contributed by atoms with Crippen LogP contribution in [0, 0.1) is 12.7 Å². The molecule has 1 unspecified atom stereocenters. The van der Waals surface area contributed by atoms with Crippen molar-refractivity contribution in [1.82, 2.24) is 15.2 Å². The molecule has 0 spiro atoms. The zero-order valence-corrected chi connectivity index (χ0v) is 22.8. The molecule has 1 aromatic carbocycles. The Morgan fingerprint density at radius 2 is 1.85 bits per heavy atom. The van der Waals surface area contributed by atoms with E-state index in [1.54, 1.807) is 6.07 Å². The molecular weight excluding hydrogens is 523 g/mol. The fourth-order valence-corrected chi connectivity index (χ4v) is 4.96. The summed E-state index contributed by atoms with van der Waals surface area (Å²) >= 11 is 0. The number of fused-ring (bicyclic) bond motifs is 2. The lowest BCUT2D eigenvalue weighted by Gasteiger charge is -2.19. The van der Waals surface area contributed by atoms with Crippen LogP contribution in [0.3, 0.4) is 0 Å². The van der Waals surface area contributed by atoms with Crippen molar-refractivity contribution in [3.8, 4) is 0 Å². The number of allylic oxidation sites excluding steroid dienone is 1. The largest absolute Gasteiger partial charge is 0.481 e. The first-order chi connectivity index (χ1) is 19.0. The summed E-state index contributed by atoms with van der Waals surface area (Å²) in [5.41, 5.74) is 5.82. The first-order valence-electron chi connectivity index (χ1n) is 13.2. The fourth-order valence-electron chi connectivity index (χ4n) is 4.96. The average molecular weight is 559 g/mol. The van der Waals surface area contributed by atoms with Crippen LogP contribution in [0.25, 0.3) is 11.1 Å². The van der Waals surface area contributed by atoms with Gasteiger partial charge in [0.2, 0.25) is 0 Å². The van der Waals surface area contributed by atoms with Crippen LogP contribution in [0.15, 0.2) is 18.2 Å². The number of nitrogens with zero attached hydrogens (tertiary/aromatic N) is 1. The summed E-state index contributed by atoms with van der Waals surface area (Å²) in [4.78, 5) is 50.8. The highest BCUT2D eigenvalue weighted by atomic mass is 19.1. The second-order valence-corrected chi connectivity index (χ2v) is 9.56. The number of carbonyl (C=O) groups excluding carboxylic acids is 2. The normalized spacial score (nSPS) is 16.4. The number of aliphatic hydroxyl groups excluding tert-OH is 1. The summed E-state index contributed by atoms with van der Waals surface area (Å²) in [6.45, 7) is 9.40. The van der Waals surface area contributed by atoms with E-state index in [9.17, 15) is 23.6 Å². The number of anilines is 1. The monoisotopic (exact) mass is 558 g/mol. The number of amides is 2. The van der Waals surface area contributed by atoms with Gasteiger partial charge in [-0.2, -0.15) is 0 Å². The Kier molecular flexibility index (Phi) is 10.2. The van der Waals surface area contributed by atoms with Crippen molar-refractivity contribution < 1.29 is 38.9 Å². The van der Waals surface area contributed by atoms with Crippen molar-refractivity contribution in [3.05, 3.63) is 52.1 Å². The Labute approximate surface area is 231 Å². The van der Waals surface area contributed by atoms with Gasteiger partial charge in [-0.3, -0.25) is 14.4 Å². The van der Waals surface area contributed by atoms with Gasteiger partial charge < -0.3 is 35.8 Å². The Bertz CT molecular complexity index is 1330. The summed E-state index contributed by atoms with van der Waals surface area (Å²) in [6.07, 6.45) is -0.236. The summed E-state index contributed by atoms with van der Waals surface area (Å²) in [5.74, 6) is -3.53. The number of likely N-dealkylation sites (N-methyl/N-ethyl adjacent to an activating group) is 1. The van der Waals surface area contributed by atoms with Crippen LogP contribution in [0.5, 0.6) is 0 Å². The summed E-state index contributed by atoms with van der Waals surface area (Å²) in [7, 11) is 0. The van der Waals surface area contributed by atoms with E-state index in [4.69, 9.17) is 15.3 Å². The maximum absolute atomic E-state index is 13.9. The Balaban J connectivity index is 0.000000424. The number of carboxylic acids is 2. The molecule has 0 saturated carbocycles. The first-order valence-corrected chi connectivity index (χ1v) is 13.2. The number of aliphatic hydroxyl groups is 1. The summed E-state index contributed by atoms with van der Waals surface area (Å²) in [5, 5.41) is 30.0. The van der Waals surface area contributed by atoms with Crippen LogP contribution in [0.2, 0.25) is 0 Å². The molecule has 4 rings (SSSR count). The quantitative estimate of drug-likeness (QED) is 0.255. The van der Waals surface area contributed by atoms with Gasteiger partial charge in [0.15, 0.2) is 6.10 Å². The smallest absolute Gasteiger partial charge is 0.333 e. The molecule has 40 heavy (non-hydrogen) atoms. The predicted octanol–water partition coefficient (Wildman–Crippen LogP) is 2.64. The topological polar surface area (TPSA) is 172 Å². The van der Waals surface area contributed by atoms with Crippen LogP contribution in [0.1, 0.15) is 66.0 Å². The molecule has 0 radical (unpaired) electrons. The molecule has 0 saturated heterocycles. The van der Waals surface area contributed by atoms with Crippen molar-refractivity contribution in [3.63, 3.8) is 0 Å². The van der Waals surface area contributed by atoms with E-state index in [1.807, 2.05) is 6.92 Å². The van der Waals surface area contributed by atoms with Gasteiger partial charge in [0.25, 0.3) is 11.8 Å². The molecule has 2 aromatic rings. The van der Waals surface area contributed by atoms with Gasteiger partial charge in [-0.05, 0) is 68.6 Å². The molecule has 0 bridgehead atoms. The number of hydrogen-bond acceptors (Lipinski definition) is 6. The minimum atomic E-state index is -1.79. The lowest BCUT2D eigenvalue weighted by molar-refractivity contribution is -0.152. The second-order valence-electron chi connectivity index (χ2n) is 9.56. The second kappa shape index (κ2) is 13.4. The molecule has 1 atom stereocenters. The van der Waals surface area contributed by atoms with Gasteiger partial charge in [0, 0.05) is 35.7 Å². The molecule has 11 nitrogen and oxygen atoms in total. The lowest BCUT2D eigenvalue weighted by atomic mass is 9.86. The van der Waals surface area contributed by atoms with E-state index < -0.39 is 24.5 Å². The zero-order chi connectivity index (χ0) is 29.6. The third-order valence-electron chi connectivity index (χ3n) is 6.96. The average Bonchev–Trinajstić information content (AvgIpc) is 3.41. The molecular formula is C28H35FN4O7. The first kappa shape index (κ1) is 30.5. The number of benzene rings is 1. The van der Waals surface area contributed by atoms with Crippen molar-refractivity contribution in [2.24, 2.45) is 0 Å². The number of carbonyl (C=O) groups is 4. The van der Waals surface area contributed by atoms with Gasteiger partial charge in [-0.1, -0.05) is 13.8 Å². The predicted molar refractivity (Wildman–Crippen MR) is 146 cm³/mol. The van der Waals surface area contributed by atoms with Gasteiger partial charge in [-0.15, -0.1) is 0 Å².